The normalized spacial score (nSPS) is 11.9. The number of furan rings is 1. The number of rotatable bonds is 5. The first kappa shape index (κ1) is 11.9. The Balaban J connectivity index is 2.16. The summed E-state index contributed by atoms with van der Waals surface area (Å²) in [6.45, 7) is 4.46. The maximum absolute atomic E-state index is 10.2. The van der Waals surface area contributed by atoms with Crippen LogP contribution in [0, 0.1) is 0 Å². The van der Waals surface area contributed by atoms with Gasteiger partial charge in [0.1, 0.15) is 11.4 Å². The number of hydrogen-bond acceptors (Lipinski definition) is 4. The Kier molecular flexibility index (Phi) is 3.33. The SMILES string of the molecule is CCC(O)(CC)CNc1nccc2occc12. The lowest BCUT2D eigenvalue weighted by Crippen LogP contribution is -2.35. The zero-order valence-electron chi connectivity index (χ0n) is 10.2. The Morgan fingerprint density at radius 1 is 1.35 bits per heavy atom. The minimum absolute atomic E-state index is 0.497. The van der Waals surface area contributed by atoms with Crippen molar-refractivity contribution in [2.45, 2.75) is 32.3 Å². The van der Waals surface area contributed by atoms with Crippen molar-refractivity contribution in [1.29, 1.82) is 0 Å². The maximum Gasteiger partial charge on any atom is 0.139 e. The topological polar surface area (TPSA) is 58.3 Å². The summed E-state index contributed by atoms with van der Waals surface area (Å²) < 4.78 is 5.30. The van der Waals surface area contributed by atoms with Gasteiger partial charge in [0.2, 0.25) is 0 Å². The van der Waals surface area contributed by atoms with E-state index in [2.05, 4.69) is 10.3 Å². The number of anilines is 1. The molecule has 0 unspecified atom stereocenters. The summed E-state index contributed by atoms with van der Waals surface area (Å²) in [5, 5.41) is 14.3. The number of nitrogens with one attached hydrogen (secondary N) is 1. The summed E-state index contributed by atoms with van der Waals surface area (Å²) in [5.74, 6) is 0.761. The van der Waals surface area contributed by atoms with Crippen LogP contribution >= 0.6 is 0 Å². The standard InChI is InChI=1S/C13H18N2O2/c1-3-13(16,4-2)9-15-12-10-6-8-17-11(10)5-7-14-12/h5-8,16H,3-4,9H2,1-2H3,(H,14,15). The maximum atomic E-state index is 10.2. The van der Waals surface area contributed by atoms with Crippen molar-refractivity contribution in [1.82, 2.24) is 4.98 Å². The fourth-order valence-electron chi connectivity index (χ4n) is 1.78. The summed E-state index contributed by atoms with van der Waals surface area (Å²) in [6.07, 6.45) is 4.78. The second-order valence-corrected chi connectivity index (χ2v) is 4.28. The quantitative estimate of drug-likeness (QED) is 0.835. The largest absolute Gasteiger partial charge is 0.464 e. The van der Waals surface area contributed by atoms with E-state index in [-0.39, 0.29) is 0 Å². The summed E-state index contributed by atoms with van der Waals surface area (Å²) in [6, 6.07) is 3.70. The summed E-state index contributed by atoms with van der Waals surface area (Å²) in [4.78, 5) is 4.27. The van der Waals surface area contributed by atoms with Crippen molar-refractivity contribution < 1.29 is 9.52 Å². The van der Waals surface area contributed by atoms with E-state index in [1.807, 2.05) is 26.0 Å². The van der Waals surface area contributed by atoms with E-state index < -0.39 is 5.60 Å². The van der Waals surface area contributed by atoms with Gasteiger partial charge < -0.3 is 14.8 Å². The van der Waals surface area contributed by atoms with Crippen molar-refractivity contribution >= 4 is 16.8 Å². The van der Waals surface area contributed by atoms with Crippen molar-refractivity contribution in [2.75, 3.05) is 11.9 Å². The molecular formula is C13H18N2O2. The molecule has 0 amide bonds. The molecule has 2 heterocycles. The van der Waals surface area contributed by atoms with E-state index in [0.717, 1.165) is 29.6 Å². The summed E-state index contributed by atoms with van der Waals surface area (Å²) >= 11 is 0. The molecule has 2 N–H and O–H groups in total. The lowest BCUT2D eigenvalue weighted by Gasteiger charge is -2.25. The molecule has 0 saturated heterocycles. The molecule has 2 aromatic heterocycles. The Morgan fingerprint density at radius 3 is 2.82 bits per heavy atom. The highest BCUT2D eigenvalue weighted by atomic mass is 16.3. The number of aromatic nitrogens is 1. The minimum Gasteiger partial charge on any atom is -0.464 e. The Bertz CT molecular complexity index is 489. The van der Waals surface area contributed by atoms with Crippen LogP contribution in [-0.2, 0) is 0 Å². The first-order valence-electron chi connectivity index (χ1n) is 5.97. The van der Waals surface area contributed by atoms with Crippen molar-refractivity contribution in [3.05, 3.63) is 24.6 Å². The highest BCUT2D eigenvalue weighted by Gasteiger charge is 2.22. The van der Waals surface area contributed by atoms with Crippen LogP contribution in [0.2, 0.25) is 0 Å². The number of pyridine rings is 1. The molecule has 0 radical (unpaired) electrons. The molecule has 0 aliphatic carbocycles. The van der Waals surface area contributed by atoms with Crippen LogP contribution in [0.4, 0.5) is 5.82 Å². The zero-order chi connectivity index (χ0) is 12.3. The van der Waals surface area contributed by atoms with Gasteiger partial charge in [-0.2, -0.15) is 0 Å². The average Bonchev–Trinajstić information content (AvgIpc) is 2.84. The third kappa shape index (κ3) is 2.42. The second-order valence-electron chi connectivity index (χ2n) is 4.28. The van der Waals surface area contributed by atoms with Crippen molar-refractivity contribution in [3.8, 4) is 0 Å². The second kappa shape index (κ2) is 4.75. The fourth-order valence-corrected chi connectivity index (χ4v) is 1.78. The van der Waals surface area contributed by atoms with Gasteiger partial charge in [0.25, 0.3) is 0 Å². The Labute approximate surface area is 101 Å². The smallest absolute Gasteiger partial charge is 0.139 e. The molecule has 0 saturated carbocycles. The lowest BCUT2D eigenvalue weighted by molar-refractivity contribution is 0.0456. The number of hydrogen-bond donors (Lipinski definition) is 2. The van der Waals surface area contributed by atoms with Gasteiger partial charge in [-0.3, -0.25) is 0 Å². The first-order valence-corrected chi connectivity index (χ1v) is 5.97. The first-order chi connectivity index (χ1) is 8.18. The van der Waals surface area contributed by atoms with Crippen molar-refractivity contribution in [2.24, 2.45) is 0 Å². The van der Waals surface area contributed by atoms with Crippen LogP contribution in [0.1, 0.15) is 26.7 Å². The Morgan fingerprint density at radius 2 is 2.12 bits per heavy atom. The molecular weight excluding hydrogens is 216 g/mol. The van der Waals surface area contributed by atoms with E-state index in [0.29, 0.717) is 6.54 Å². The molecule has 0 aliphatic heterocycles. The molecule has 92 valence electrons. The molecule has 0 spiro atoms. The van der Waals surface area contributed by atoms with E-state index in [4.69, 9.17) is 4.42 Å². The molecule has 0 atom stereocenters. The number of nitrogens with zero attached hydrogens (tertiary/aromatic N) is 1. The van der Waals surface area contributed by atoms with E-state index in [9.17, 15) is 5.11 Å². The van der Waals surface area contributed by atoms with Gasteiger partial charge in [-0.25, -0.2) is 4.98 Å². The fraction of sp³-hybridized carbons (Fsp3) is 0.462. The van der Waals surface area contributed by atoms with E-state index in [1.165, 1.54) is 0 Å². The monoisotopic (exact) mass is 234 g/mol. The van der Waals surface area contributed by atoms with Crippen LogP contribution in [0.3, 0.4) is 0 Å². The van der Waals surface area contributed by atoms with Gasteiger partial charge in [0.15, 0.2) is 0 Å². The molecule has 0 bridgehead atoms. The molecule has 2 aromatic rings. The predicted molar refractivity (Wildman–Crippen MR) is 68.0 cm³/mol. The van der Waals surface area contributed by atoms with Crippen LogP contribution in [0.5, 0.6) is 0 Å². The van der Waals surface area contributed by atoms with Gasteiger partial charge in [-0.1, -0.05) is 13.8 Å². The lowest BCUT2D eigenvalue weighted by atomic mass is 9.97. The van der Waals surface area contributed by atoms with Crippen LogP contribution in [0.15, 0.2) is 29.0 Å². The number of fused-ring (bicyclic) bond motifs is 1. The molecule has 0 aromatic carbocycles. The summed E-state index contributed by atoms with van der Waals surface area (Å²) in [5.41, 5.74) is 0.132. The van der Waals surface area contributed by atoms with Crippen LogP contribution < -0.4 is 5.32 Å². The molecule has 0 aliphatic rings. The average molecular weight is 234 g/mol. The minimum atomic E-state index is -0.673. The number of aliphatic hydroxyl groups is 1. The van der Waals surface area contributed by atoms with E-state index in [1.54, 1.807) is 12.5 Å². The van der Waals surface area contributed by atoms with Gasteiger partial charge in [-0.15, -0.1) is 0 Å². The third-order valence-corrected chi connectivity index (χ3v) is 3.28. The van der Waals surface area contributed by atoms with Gasteiger partial charge in [0, 0.05) is 12.7 Å². The third-order valence-electron chi connectivity index (χ3n) is 3.28. The molecule has 2 rings (SSSR count). The van der Waals surface area contributed by atoms with Crippen LogP contribution in [0.25, 0.3) is 11.0 Å². The van der Waals surface area contributed by atoms with Gasteiger partial charge in [-0.05, 0) is 25.0 Å². The zero-order valence-corrected chi connectivity index (χ0v) is 10.2. The summed E-state index contributed by atoms with van der Waals surface area (Å²) in [7, 11) is 0. The molecule has 0 fully saturated rings. The van der Waals surface area contributed by atoms with Gasteiger partial charge in [0.05, 0.1) is 17.3 Å². The predicted octanol–water partition coefficient (Wildman–Crippen LogP) is 2.79. The molecule has 4 nitrogen and oxygen atoms in total. The van der Waals surface area contributed by atoms with Crippen molar-refractivity contribution in [3.63, 3.8) is 0 Å². The van der Waals surface area contributed by atoms with Gasteiger partial charge >= 0.3 is 0 Å². The van der Waals surface area contributed by atoms with Crippen LogP contribution in [-0.4, -0.2) is 22.2 Å². The highest BCUT2D eigenvalue weighted by molar-refractivity contribution is 5.87. The molecule has 4 heteroatoms. The molecule has 17 heavy (non-hydrogen) atoms. The highest BCUT2D eigenvalue weighted by Crippen LogP contribution is 2.23. The van der Waals surface area contributed by atoms with E-state index >= 15 is 0 Å². The Hall–Kier alpha value is -1.55.